The van der Waals surface area contributed by atoms with Gasteiger partial charge in [0.25, 0.3) is 0 Å². The van der Waals surface area contributed by atoms with Crippen LogP contribution < -0.4 is 5.32 Å². The van der Waals surface area contributed by atoms with Gasteiger partial charge in [0.05, 0.1) is 11.9 Å². The average molecular weight is 307 g/mol. The predicted molar refractivity (Wildman–Crippen MR) is 86.0 cm³/mol. The molecule has 0 saturated carbocycles. The first kappa shape index (κ1) is 15.7. The van der Waals surface area contributed by atoms with Crippen molar-refractivity contribution in [3.8, 4) is 0 Å². The molecule has 1 aromatic heterocycles. The van der Waals surface area contributed by atoms with Crippen LogP contribution in [0.4, 0.5) is 5.69 Å². The van der Waals surface area contributed by atoms with Gasteiger partial charge in [-0.05, 0) is 58.0 Å². The summed E-state index contributed by atoms with van der Waals surface area (Å²) in [5.74, 6) is -0.213. The topological polar surface area (TPSA) is 54.5 Å². The molecule has 1 saturated heterocycles. The van der Waals surface area contributed by atoms with Gasteiger partial charge in [0.1, 0.15) is 11.6 Å². The molecule has 6 heteroatoms. The molecule has 0 spiro atoms. The number of hydrogen-bond donors (Lipinski definition) is 1. The first-order chi connectivity index (χ1) is 9.87. The lowest BCUT2D eigenvalue weighted by Gasteiger charge is -2.29. The van der Waals surface area contributed by atoms with Gasteiger partial charge in [-0.1, -0.05) is 0 Å². The number of aromatic nitrogens is 1. The van der Waals surface area contributed by atoms with Crippen LogP contribution in [0.25, 0.3) is 0 Å². The van der Waals surface area contributed by atoms with E-state index in [1.807, 2.05) is 37.8 Å². The van der Waals surface area contributed by atoms with Gasteiger partial charge < -0.3 is 15.0 Å². The molecule has 2 rings (SSSR count). The zero-order valence-electron chi connectivity index (χ0n) is 12.6. The van der Waals surface area contributed by atoms with E-state index in [0.717, 1.165) is 25.1 Å². The lowest BCUT2D eigenvalue weighted by molar-refractivity contribution is -0.159. The fraction of sp³-hybridized carbons (Fsp3) is 0.533. The minimum atomic E-state index is -0.482. The highest BCUT2D eigenvalue weighted by molar-refractivity contribution is 7.80. The summed E-state index contributed by atoms with van der Waals surface area (Å²) in [6.45, 7) is 6.37. The Morgan fingerprint density at radius 2 is 2.29 bits per heavy atom. The number of carbonyl (C=O) groups is 1. The zero-order chi connectivity index (χ0) is 15.5. The minimum Gasteiger partial charge on any atom is -0.458 e. The SMILES string of the molecule is CC(C)(C)OC(=O)C1CCCN1C(=S)Nc1cccnc1. The second-order valence-electron chi connectivity index (χ2n) is 6.06. The number of esters is 1. The smallest absolute Gasteiger partial charge is 0.329 e. The second kappa shape index (κ2) is 6.39. The van der Waals surface area contributed by atoms with Crippen molar-refractivity contribution in [3.05, 3.63) is 24.5 Å². The van der Waals surface area contributed by atoms with E-state index in [9.17, 15) is 4.79 Å². The van der Waals surface area contributed by atoms with Crippen LogP contribution in [0.1, 0.15) is 33.6 Å². The number of ether oxygens (including phenoxy) is 1. The molecule has 0 aliphatic carbocycles. The highest BCUT2D eigenvalue weighted by Crippen LogP contribution is 2.22. The van der Waals surface area contributed by atoms with E-state index in [-0.39, 0.29) is 12.0 Å². The molecule has 114 valence electrons. The lowest BCUT2D eigenvalue weighted by Crippen LogP contribution is -2.45. The summed E-state index contributed by atoms with van der Waals surface area (Å²) in [7, 11) is 0. The quantitative estimate of drug-likeness (QED) is 0.669. The van der Waals surface area contributed by atoms with Crippen LogP contribution in [0, 0.1) is 0 Å². The molecule has 0 amide bonds. The first-order valence-electron chi connectivity index (χ1n) is 7.07. The number of anilines is 1. The van der Waals surface area contributed by atoms with Gasteiger partial charge in [-0.3, -0.25) is 4.98 Å². The van der Waals surface area contributed by atoms with Gasteiger partial charge in [-0.2, -0.15) is 0 Å². The maximum atomic E-state index is 12.3. The Kier molecular flexibility index (Phi) is 4.77. The van der Waals surface area contributed by atoms with Crippen molar-refractivity contribution in [3.63, 3.8) is 0 Å². The number of nitrogens with zero attached hydrogens (tertiary/aromatic N) is 2. The maximum Gasteiger partial charge on any atom is 0.329 e. The molecule has 1 fully saturated rings. The molecular formula is C15H21N3O2S. The summed E-state index contributed by atoms with van der Waals surface area (Å²) in [4.78, 5) is 18.2. The maximum absolute atomic E-state index is 12.3. The van der Waals surface area contributed by atoms with E-state index in [2.05, 4.69) is 10.3 Å². The Balaban J connectivity index is 2.01. The van der Waals surface area contributed by atoms with Crippen molar-refractivity contribution >= 4 is 29.0 Å². The highest BCUT2D eigenvalue weighted by Gasteiger charge is 2.35. The Hall–Kier alpha value is -1.69. The van der Waals surface area contributed by atoms with E-state index >= 15 is 0 Å². The summed E-state index contributed by atoms with van der Waals surface area (Å²) < 4.78 is 5.47. The lowest BCUT2D eigenvalue weighted by atomic mass is 10.1. The van der Waals surface area contributed by atoms with Gasteiger partial charge in [-0.15, -0.1) is 0 Å². The summed E-state index contributed by atoms with van der Waals surface area (Å²) >= 11 is 5.41. The molecule has 1 aliphatic rings. The number of thiocarbonyl (C=S) groups is 1. The van der Waals surface area contributed by atoms with Gasteiger partial charge in [0.2, 0.25) is 0 Å². The highest BCUT2D eigenvalue weighted by atomic mass is 32.1. The van der Waals surface area contributed by atoms with Crippen molar-refractivity contribution in [2.24, 2.45) is 0 Å². The van der Waals surface area contributed by atoms with Crippen molar-refractivity contribution in [1.29, 1.82) is 0 Å². The Morgan fingerprint density at radius 1 is 1.52 bits per heavy atom. The molecule has 1 aliphatic heterocycles. The number of hydrogen-bond acceptors (Lipinski definition) is 4. The molecule has 1 N–H and O–H groups in total. The van der Waals surface area contributed by atoms with E-state index in [1.54, 1.807) is 12.4 Å². The van der Waals surface area contributed by atoms with Crippen LogP contribution in [-0.2, 0) is 9.53 Å². The van der Waals surface area contributed by atoms with Crippen molar-refractivity contribution in [2.75, 3.05) is 11.9 Å². The largest absolute Gasteiger partial charge is 0.458 e. The number of nitrogens with one attached hydrogen (secondary N) is 1. The molecule has 2 heterocycles. The summed E-state index contributed by atoms with van der Waals surface area (Å²) in [6.07, 6.45) is 5.10. The third-order valence-corrected chi connectivity index (χ3v) is 3.44. The van der Waals surface area contributed by atoms with E-state index < -0.39 is 5.60 Å². The van der Waals surface area contributed by atoms with Crippen LogP contribution in [0.2, 0.25) is 0 Å². The molecule has 0 radical (unpaired) electrons. The number of carbonyl (C=O) groups excluding carboxylic acids is 1. The average Bonchev–Trinajstić information content (AvgIpc) is 2.87. The Morgan fingerprint density at radius 3 is 2.90 bits per heavy atom. The molecular weight excluding hydrogens is 286 g/mol. The fourth-order valence-corrected chi connectivity index (χ4v) is 2.59. The van der Waals surface area contributed by atoms with Gasteiger partial charge in [0.15, 0.2) is 5.11 Å². The molecule has 1 unspecified atom stereocenters. The van der Waals surface area contributed by atoms with Crippen LogP contribution >= 0.6 is 12.2 Å². The third kappa shape index (κ3) is 4.39. The first-order valence-corrected chi connectivity index (χ1v) is 7.48. The number of likely N-dealkylation sites (tertiary alicyclic amines) is 1. The summed E-state index contributed by atoms with van der Waals surface area (Å²) in [6, 6.07) is 3.42. The van der Waals surface area contributed by atoms with Crippen molar-refractivity contribution in [2.45, 2.75) is 45.3 Å². The third-order valence-electron chi connectivity index (χ3n) is 3.11. The zero-order valence-corrected chi connectivity index (χ0v) is 13.4. The predicted octanol–water partition coefficient (Wildman–Crippen LogP) is 2.58. The molecule has 1 atom stereocenters. The van der Waals surface area contributed by atoms with Gasteiger partial charge >= 0.3 is 5.97 Å². The monoisotopic (exact) mass is 307 g/mol. The van der Waals surface area contributed by atoms with Crippen LogP contribution in [0.5, 0.6) is 0 Å². The number of rotatable bonds is 2. The normalized spacial score (nSPS) is 18.4. The van der Waals surface area contributed by atoms with E-state index in [1.165, 1.54) is 0 Å². The minimum absolute atomic E-state index is 0.213. The second-order valence-corrected chi connectivity index (χ2v) is 6.44. The molecule has 1 aromatic rings. The van der Waals surface area contributed by atoms with E-state index in [4.69, 9.17) is 17.0 Å². The van der Waals surface area contributed by atoms with Crippen LogP contribution in [0.3, 0.4) is 0 Å². The van der Waals surface area contributed by atoms with Crippen LogP contribution in [0.15, 0.2) is 24.5 Å². The van der Waals surface area contributed by atoms with Gasteiger partial charge in [-0.25, -0.2) is 4.79 Å². The fourth-order valence-electron chi connectivity index (χ4n) is 2.26. The Bertz CT molecular complexity index is 513. The van der Waals surface area contributed by atoms with Crippen molar-refractivity contribution in [1.82, 2.24) is 9.88 Å². The molecule has 0 aromatic carbocycles. The standard InChI is InChI=1S/C15H21N3O2S/c1-15(2,3)20-13(19)12-7-5-9-18(12)14(21)17-11-6-4-8-16-10-11/h4,6,8,10,12H,5,7,9H2,1-3H3,(H,17,21). The molecule has 0 bridgehead atoms. The number of pyridine rings is 1. The van der Waals surface area contributed by atoms with Crippen LogP contribution in [-0.4, -0.2) is 39.2 Å². The Labute approximate surface area is 130 Å². The van der Waals surface area contributed by atoms with Gasteiger partial charge in [0, 0.05) is 12.7 Å². The van der Waals surface area contributed by atoms with Crippen molar-refractivity contribution < 1.29 is 9.53 Å². The summed E-state index contributed by atoms with van der Waals surface area (Å²) in [5.41, 5.74) is 0.335. The molecule has 21 heavy (non-hydrogen) atoms. The summed E-state index contributed by atoms with van der Waals surface area (Å²) in [5, 5.41) is 3.66. The van der Waals surface area contributed by atoms with E-state index in [0.29, 0.717) is 5.11 Å². The molecule has 5 nitrogen and oxygen atoms in total.